The van der Waals surface area contributed by atoms with Gasteiger partial charge >= 0.3 is 0 Å². The van der Waals surface area contributed by atoms with E-state index >= 15 is 0 Å². The summed E-state index contributed by atoms with van der Waals surface area (Å²) in [5, 5.41) is -0.143. The molecular weight excluding hydrogens is 356 g/mol. The molecule has 0 bridgehead atoms. The fourth-order valence-corrected chi connectivity index (χ4v) is 6.35. The molecule has 25 heavy (non-hydrogen) atoms. The minimum atomic E-state index is -3.08. The average Bonchev–Trinajstić information content (AvgIpc) is 3.34. The minimum absolute atomic E-state index is 0.0101. The quantitative estimate of drug-likeness (QED) is 0.785. The van der Waals surface area contributed by atoms with Gasteiger partial charge in [-0.2, -0.15) is 0 Å². The van der Waals surface area contributed by atoms with Gasteiger partial charge in [0.05, 0.1) is 17.0 Å². The van der Waals surface area contributed by atoms with Gasteiger partial charge in [-0.3, -0.25) is 4.90 Å². The average molecular weight is 385 g/mol. The van der Waals surface area contributed by atoms with E-state index in [2.05, 4.69) is 28.7 Å². The Balaban J connectivity index is 1.19. The number of likely N-dealkylation sites (tertiary alicyclic amines) is 1. The predicted molar refractivity (Wildman–Crippen MR) is 100 cm³/mol. The molecule has 0 radical (unpaired) electrons. The first kappa shape index (κ1) is 17.9. The van der Waals surface area contributed by atoms with E-state index in [1.165, 1.54) is 9.75 Å². The standard InChI is InChI=1S/C18H28N2O3S2/c1-2-15-3-4-16(24-15)13-20-9-7-18(8-10-20)11-14(23-18)12-19-25(21,22)17-5-6-17/h3-4,14,17,19H,2,5-13H2,1H3. The van der Waals surface area contributed by atoms with E-state index in [0.29, 0.717) is 6.54 Å². The van der Waals surface area contributed by atoms with Gasteiger partial charge in [-0.25, -0.2) is 13.1 Å². The molecule has 5 nitrogen and oxygen atoms in total. The van der Waals surface area contributed by atoms with Crippen molar-refractivity contribution >= 4 is 21.4 Å². The lowest BCUT2D eigenvalue weighted by atomic mass is 9.80. The zero-order valence-electron chi connectivity index (χ0n) is 14.9. The molecule has 3 fully saturated rings. The molecule has 3 aliphatic rings. The third-order valence-corrected chi connectivity index (χ3v) is 8.84. The number of rotatable bonds is 7. The molecular formula is C18H28N2O3S2. The largest absolute Gasteiger partial charge is 0.370 e. The number of hydrogen-bond acceptors (Lipinski definition) is 5. The normalized spacial score (nSPS) is 26.7. The zero-order valence-corrected chi connectivity index (χ0v) is 16.5. The van der Waals surface area contributed by atoms with E-state index in [1.807, 2.05) is 11.3 Å². The van der Waals surface area contributed by atoms with Gasteiger partial charge in [-0.1, -0.05) is 6.92 Å². The second-order valence-corrected chi connectivity index (χ2v) is 11.0. The number of piperidine rings is 1. The van der Waals surface area contributed by atoms with E-state index in [9.17, 15) is 8.42 Å². The summed E-state index contributed by atoms with van der Waals surface area (Å²) >= 11 is 1.92. The third kappa shape index (κ3) is 4.11. The molecule has 1 aromatic rings. The number of ether oxygens (including phenoxy) is 1. The monoisotopic (exact) mass is 384 g/mol. The van der Waals surface area contributed by atoms with Crippen molar-refractivity contribution in [1.82, 2.24) is 9.62 Å². The molecule has 2 saturated heterocycles. The summed E-state index contributed by atoms with van der Waals surface area (Å²) in [7, 11) is -3.08. The van der Waals surface area contributed by atoms with Crippen LogP contribution >= 0.6 is 11.3 Å². The summed E-state index contributed by atoms with van der Waals surface area (Å²) in [6, 6.07) is 4.50. The molecule has 1 aromatic heterocycles. The fourth-order valence-electron chi connectivity index (χ4n) is 3.94. The van der Waals surface area contributed by atoms with Gasteiger partial charge in [0.2, 0.25) is 10.0 Å². The Morgan fingerprint density at radius 2 is 1.96 bits per heavy atom. The second kappa shape index (κ2) is 6.93. The number of thiophene rings is 1. The SMILES string of the molecule is CCc1ccc(CN2CCC3(CC2)CC(CNS(=O)(=O)C2CC2)O3)s1. The Labute approximate surface area is 154 Å². The van der Waals surface area contributed by atoms with Crippen LogP contribution in [0.3, 0.4) is 0 Å². The minimum Gasteiger partial charge on any atom is -0.370 e. The topological polar surface area (TPSA) is 58.6 Å². The lowest BCUT2D eigenvalue weighted by Gasteiger charge is -2.52. The Morgan fingerprint density at radius 3 is 2.56 bits per heavy atom. The molecule has 4 rings (SSSR count). The second-order valence-electron chi connectivity index (χ2n) is 7.72. The van der Waals surface area contributed by atoms with Crippen LogP contribution in [0.2, 0.25) is 0 Å². The van der Waals surface area contributed by atoms with Gasteiger partial charge in [0.1, 0.15) is 0 Å². The summed E-state index contributed by atoms with van der Waals surface area (Å²) < 4.78 is 32.6. The lowest BCUT2D eigenvalue weighted by Crippen LogP contribution is -2.59. The van der Waals surface area contributed by atoms with Crippen LogP contribution < -0.4 is 4.72 Å². The fraction of sp³-hybridized carbons (Fsp3) is 0.778. The number of nitrogens with zero attached hydrogens (tertiary/aromatic N) is 1. The lowest BCUT2D eigenvalue weighted by molar-refractivity contribution is -0.222. The first-order valence-corrected chi connectivity index (χ1v) is 11.8. The highest BCUT2D eigenvalue weighted by Crippen LogP contribution is 2.41. The van der Waals surface area contributed by atoms with Crippen LogP contribution in [-0.4, -0.2) is 49.9 Å². The van der Waals surface area contributed by atoms with Crippen molar-refractivity contribution < 1.29 is 13.2 Å². The van der Waals surface area contributed by atoms with Crippen molar-refractivity contribution in [1.29, 1.82) is 0 Å². The van der Waals surface area contributed by atoms with Crippen LogP contribution in [0, 0.1) is 0 Å². The smallest absolute Gasteiger partial charge is 0.214 e. The van der Waals surface area contributed by atoms with Crippen molar-refractivity contribution in [2.45, 2.75) is 68.9 Å². The zero-order chi connectivity index (χ0) is 17.5. The molecule has 1 aliphatic carbocycles. The van der Waals surface area contributed by atoms with E-state index < -0.39 is 10.0 Å². The molecule has 3 heterocycles. The van der Waals surface area contributed by atoms with E-state index in [4.69, 9.17) is 4.74 Å². The van der Waals surface area contributed by atoms with Crippen molar-refractivity contribution in [3.8, 4) is 0 Å². The summed E-state index contributed by atoms with van der Waals surface area (Å²) in [6.07, 6.45) is 5.91. The maximum atomic E-state index is 11.9. The van der Waals surface area contributed by atoms with Crippen LogP contribution in [0.1, 0.15) is 48.8 Å². The van der Waals surface area contributed by atoms with Crippen LogP contribution in [0.4, 0.5) is 0 Å². The molecule has 7 heteroatoms. The highest BCUT2D eigenvalue weighted by atomic mass is 32.2. The Morgan fingerprint density at radius 1 is 1.28 bits per heavy atom. The highest BCUT2D eigenvalue weighted by molar-refractivity contribution is 7.90. The van der Waals surface area contributed by atoms with Crippen molar-refractivity contribution in [2.75, 3.05) is 19.6 Å². The van der Waals surface area contributed by atoms with Gasteiger partial charge in [-0.05, 0) is 44.2 Å². The van der Waals surface area contributed by atoms with E-state index in [1.54, 1.807) is 0 Å². The van der Waals surface area contributed by atoms with Crippen LogP contribution in [0.15, 0.2) is 12.1 Å². The van der Waals surface area contributed by atoms with Crippen molar-refractivity contribution in [3.05, 3.63) is 21.9 Å². The maximum Gasteiger partial charge on any atom is 0.214 e. The summed E-state index contributed by atoms with van der Waals surface area (Å²) in [4.78, 5) is 5.43. The number of aryl methyl sites for hydroxylation is 1. The highest BCUT2D eigenvalue weighted by Gasteiger charge is 2.47. The van der Waals surface area contributed by atoms with Crippen molar-refractivity contribution in [3.63, 3.8) is 0 Å². The molecule has 2 aliphatic heterocycles. The van der Waals surface area contributed by atoms with Crippen molar-refractivity contribution in [2.24, 2.45) is 0 Å². The molecule has 1 saturated carbocycles. The first-order chi connectivity index (χ1) is 12.0. The molecule has 0 aromatic carbocycles. The first-order valence-electron chi connectivity index (χ1n) is 9.44. The molecule has 1 unspecified atom stereocenters. The Hall–Kier alpha value is -0.470. The molecule has 140 valence electrons. The molecule has 0 amide bonds. The molecule has 1 N–H and O–H groups in total. The van der Waals surface area contributed by atoms with Gasteiger partial charge in [0, 0.05) is 42.4 Å². The van der Waals surface area contributed by atoms with Gasteiger partial charge in [0.15, 0.2) is 0 Å². The number of hydrogen-bond donors (Lipinski definition) is 1. The summed E-state index contributed by atoms with van der Waals surface area (Å²) in [6.45, 7) is 5.83. The van der Waals surface area contributed by atoms with E-state index in [0.717, 1.165) is 58.2 Å². The van der Waals surface area contributed by atoms with E-state index in [-0.39, 0.29) is 17.0 Å². The van der Waals surface area contributed by atoms with Crippen LogP contribution in [-0.2, 0) is 27.7 Å². The van der Waals surface area contributed by atoms with Gasteiger partial charge < -0.3 is 4.74 Å². The summed E-state index contributed by atoms with van der Waals surface area (Å²) in [5.41, 5.74) is 0.0101. The predicted octanol–water partition coefficient (Wildman–Crippen LogP) is 2.52. The van der Waals surface area contributed by atoms with Gasteiger partial charge in [-0.15, -0.1) is 11.3 Å². The molecule has 1 atom stereocenters. The summed E-state index contributed by atoms with van der Waals surface area (Å²) in [5.74, 6) is 0. The van der Waals surface area contributed by atoms with Crippen LogP contribution in [0.5, 0.6) is 0 Å². The van der Waals surface area contributed by atoms with Crippen LogP contribution in [0.25, 0.3) is 0 Å². The molecule has 1 spiro atoms. The van der Waals surface area contributed by atoms with Gasteiger partial charge in [0.25, 0.3) is 0 Å². The Bertz CT molecular complexity index is 696. The third-order valence-electron chi connectivity index (χ3n) is 5.70. The number of nitrogens with one attached hydrogen (secondary N) is 1. The maximum absolute atomic E-state index is 11.9. The number of sulfonamides is 1. The Kier molecular flexibility index (Phi) is 4.96.